The van der Waals surface area contributed by atoms with E-state index in [1.807, 2.05) is 0 Å². The van der Waals surface area contributed by atoms with Crippen molar-refractivity contribution < 1.29 is 14.7 Å². The molecule has 0 fully saturated rings. The number of amides is 2. The van der Waals surface area contributed by atoms with Crippen molar-refractivity contribution in [3.05, 3.63) is 22.4 Å². The Balaban J connectivity index is 2.37. The second-order valence-corrected chi connectivity index (χ2v) is 4.83. The van der Waals surface area contributed by atoms with Crippen LogP contribution in [0.5, 0.6) is 0 Å². The molecular weight excluding hydrogens is 264 g/mol. The van der Waals surface area contributed by atoms with E-state index >= 15 is 0 Å². The van der Waals surface area contributed by atoms with Gasteiger partial charge in [-0.15, -0.1) is 23.7 Å². The lowest BCUT2D eigenvalue weighted by molar-refractivity contribution is -0.139. The number of aliphatic carboxylic acids is 1. The number of nitrogens with one attached hydrogen (secondary N) is 2. The van der Waals surface area contributed by atoms with Crippen molar-refractivity contribution in [3.63, 3.8) is 0 Å². The van der Waals surface area contributed by atoms with E-state index in [1.54, 1.807) is 17.5 Å². The SMILES string of the molecule is C#CCCCCNC(=O)NC(C(=O)O)c1cccs1. The first-order valence-electron chi connectivity index (χ1n) is 5.89. The monoisotopic (exact) mass is 280 g/mol. The van der Waals surface area contributed by atoms with Gasteiger partial charge in [0.05, 0.1) is 0 Å². The van der Waals surface area contributed by atoms with E-state index in [-0.39, 0.29) is 0 Å². The molecule has 0 aromatic carbocycles. The Kier molecular flexibility index (Phi) is 6.47. The van der Waals surface area contributed by atoms with Gasteiger partial charge in [0.1, 0.15) is 0 Å². The zero-order valence-electron chi connectivity index (χ0n) is 10.4. The van der Waals surface area contributed by atoms with Gasteiger partial charge in [0.2, 0.25) is 0 Å². The topological polar surface area (TPSA) is 78.4 Å². The molecule has 0 aliphatic carbocycles. The quantitative estimate of drug-likeness (QED) is 0.528. The van der Waals surface area contributed by atoms with E-state index in [0.717, 1.165) is 12.8 Å². The molecule has 102 valence electrons. The van der Waals surface area contributed by atoms with Gasteiger partial charge in [0.25, 0.3) is 0 Å². The molecule has 5 nitrogen and oxygen atoms in total. The van der Waals surface area contributed by atoms with Crippen LogP contribution < -0.4 is 10.6 Å². The maximum absolute atomic E-state index is 11.6. The summed E-state index contributed by atoms with van der Waals surface area (Å²) in [5.41, 5.74) is 0. The fraction of sp³-hybridized carbons (Fsp3) is 0.385. The van der Waals surface area contributed by atoms with Crippen LogP contribution in [0.15, 0.2) is 17.5 Å². The predicted octanol–water partition coefficient (Wildman–Crippen LogP) is 1.98. The van der Waals surface area contributed by atoms with Crippen molar-refractivity contribution in [1.29, 1.82) is 0 Å². The van der Waals surface area contributed by atoms with Crippen molar-refractivity contribution >= 4 is 23.3 Å². The number of terminal acetylenes is 1. The maximum Gasteiger partial charge on any atom is 0.331 e. The highest BCUT2D eigenvalue weighted by Crippen LogP contribution is 2.18. The van der Waals surface area contributed by atoms with E-state index in [1.165, 1.54) is 11.3 Å². The third-order valence-electron chi connectivity index (χ3n) is 2.38. The Hall–Kier alpha value is -2.00. The molecule has 1 aromatic heterocycles. The van der Waals surface area contributed by atoms with Crippen LogP contribution in [0.2, 0.25) is 0 Å². The molecule has 6 heteroatoms. The molecule has 0 saturated carbocycles. The second-order valence-electron chi connectivity index (χ2n) is 3.85. The minimum atomic E-state index is -1.08. The van der Waals surface area contributed by atoms with Crippen molar-refractivity contribution in [1.82, 2.24) is 10.6 Å². The molecule has 3 N–H and O–H groups in total. The van der Waals surface area contributed by atoms with Crippen LogP contribution in [-0.2, 0) is 4.79 Å². The molecule has 1 heterocycles. The molecule has 0 radical (unpaired) electrons. The number of hydrogen-bond acceptors (Lipinski definition) is 3. The van der Waals surface area contributed by atoms with Crippen LogP contribution in [0, 0.1) is 12.3 Å². The van der Waals surface area contributed by atoms with E-state index in [9.17, 15) is 9.59 Å². The summed E-state index contributed by atoms with van der Waals surface area (Å²) in [4.78, 5) is 23.2. The van der Waals surface area contributed by atoms with Gasteiger partial charge in [-0.1, -0.05) is 6.07 Å². The number of carboxylic acids is 1. The number of thiophene rings is 1. The van der Waals surface area contributed by atoms with Crippen LogP contribution in [0.25, 0.3) is 0 Å². The Morgan fingerprint density at radius 3 is 2.84 bits per heavy atom. The van der Waals surface area contributed by atoms with E-state index in [0.29, 0.717) is 17.8 Å². The van der Waals surface area contributed by atoms with Crippen LogP contribution in [0.1, 0.15) is 30.2 Å². The van der Waals surface area contributed by atoms with E-state index in [4.69, 9.17) is 11.5 Å². The summed E-state index contributed by atoms with van der Waals surface area (Å²) in [7, 11) is 0. The number of carboxylic acid groups (broad SMARTS) is 1. The summed E-state index contributed by atoms with van der Waals surface area (Å²) >= 11 is 1.29. The number of carbonyl (C=O) groups is 2. The maximum atomic E-state index is 11.6. The van der Waals surface area contributed by atoms with Crippen LogP contribution in [-0.4, -0.2) is 23.7 Å². The van der Waals surface area contributed by atoms with Gasteiger partial charge in [-0.3, -0.25) is 0 Å². The molecule has 2 amide bonds. The lowest BCUT2D eigenvalue weighted by Gasteiger charge is -2.13. The third-order valence-corrected chi connectivity index (χ3v) is 3.32. The highest BCUT2D eigenvalue weighted by atomic mass is 32.1. The number of hydrogen-bond donors (Lipinski definition) is 3. The Morgan fingerprint density at radius 1 is 1.47 bits per heavy atom. The first kappa shape index (κ1) is 15.1. The fourth-order valence-corrected chi connectivity index (χ4v) is 2.21. The number of unbranched alkanes of at least 4 members (excludes halogenated alkanes) is 2. The highest BCUT2D eigenvalue weighted by molar-refractivity contribution is 7.10. The Bertz CT molecular complexity index is 451. The van der Waals surface area contributed by atoms with Crippen LogP contribution >= 0.6 is 11.3 Å². The standard InChI is InChI=1S/C13H16N2O3S/c1-2-3-4-5-8-14-13(18)15-11(12(16)17)10-7-6-9-19-10/h1,6-7,9,11H,3-5,8H2,(H,16,17)(H2,14,15,18). The zero-order chi connectivity index (χ0) is 14.1. The fourth-order valence-electron chi connectivity index (χ4n) is 1.45. The van der Waals surface area contributed by atoms with Crippen molar-refractivity contribution in [3.8, 4) is 12.3 Å². The summed E-state index contributed by atoms with van der Waals surface area (Å²) in [5.74, 6) is 1.44. The van der Waals surface area contributed by atoms with Gasteiger partial charge in [0.15, 0.2) is 6.04 Å². The molecule has 0 aliphatic heterocycles. The van der Waals surface area contributed by atoms with E-state index < -0.39 is 18.0 Å². The van der Waals surface area contributed by atoms with Crippen molar-refractivity contribution in [2.75, 3.05) is 6.54 Å². The average molecular weight is 280 g/mol. The van der Waals surface area contributed by atoms with Gasteiger partial charge in [-0.25, -0.2) is 9.59 Å². The summed E-state index contributed by atoms with van der Waals surface area (Å²) < 4.78 is 0. The molecule has 0 saturated heterocycles. The molecule has 1 atom stereocenters. The molecule has 1 unspecified atom stereocenters. The molecule has 0 spiro atoms. The summed E-state index contributed by atoms with van der Waals surface area (Å²) in [6, 6.07) is 1.93. The largest absolute Gasteiger partial charge is 0.479 e. The molecule has 0 aliphatic rings. The Morgan fingerprint density at radius 2 is 2.26 bits per heavy atom. The van der Waals surface area contributed by atoms with Gasteiger partial charge >= 0.3 is 12.0 Å². The molecule has 1 aromatic rings. The van der Waals surface area contributed by atoms with Gasteiger partial charge in [-0.05, 0) is 24.3 Å². The third kappa shape index (κ3) is 5.44. The molecular formula is C13H16N2O3S. The first-order chi connectivity index (χ1) is 9.15. The number of rotatable bonds is 7. The Labute approximate surface area is 116 Å². The average Bonchev–Trinajstić information content (AvgIpc) is 2.89. The zero-order valence-corrected chi connectivity index (χ0v) is 11.2. The van der Waals surface area contributed by atoms with Gasteiger partial charge in [-0.2, -0.15) is 0 Å². The lowest BCUT2D eigenvalue weighted by atomic mass is 10.2. The molecule has 1 rings (SSSR count). The lowest BCUT2D eigenvalue weighted by Crippen LogP contribution is -2.40. The first-order valence-corrected chi connectivity index (χ1v) is 6.77. The normalized spacial score (nSPS) is 11.3. The summed E-state index contributed by atoms with van der Waals surface area (Å²) in [6.07, 6.45) is 7.40. The number of urea groups is 1. The van der Waals surface area contributed by atoms with Crippen molar-refractivity contribution in [2.45, 2.75) is 25.3 Å². The minimum Gasteiger partial charge on any atom is -0.479 e. The minimum absolute atomic E-state index is 0.476. The van der Waals surface area contributed by atoms with Gasteiger partial charge in [0, 0.05) is 17.8 Å². The summed E-state index contributed by atoms with van der Waals surface area (Å²) in [5, 5.41) is 15.9. The molecule has 0 bridgehead atoms. The second kappa shape index (κ2) is 8.16. The van der Waals surface area contributed by atoms with Crippen LogP contribution in [0.4, 0.5) is 4.79 Å². The molecule has 19 heavy (non-hydrogen) atoms. The van der Waals surface area contributed by atoms with Crippen molar-refractivity contribution in [2.24, 2.45) is 0 Å². The number of carbonyl (C=O) groups excluding carboxylic acids is 1. The van der Waals surface area contributed by atoms with E-state index in [2.05, 4.69) is 16.6 Å². The predicted molar refractivity (Wildman–Crippen MR) is 73.9 cm³/mol. The summed E-state index contributed by atoms with van der Waals surface area (Å²) in [6.45, 7) is 0.476. The van der Waals surface area contributed by atoms with Gasteiger partial charge < -0.3 is 15.7 Å². The smallest absolute Gasteiger partial charge is 0.331 e. The highest BCUT2D eigenvalue weighted by Gasteiger charge is 2.22. The van der Waals surface area contributed by atoms with Crippen LogP contribution in [0.3, 0.4) is 0 Å².